The molecule has 3 aromatic heterocycles. The van der Waals surface area contributed by atoms with Crippen LogP contribution < -0.4 is 5.73 Å². The minimum Gasteiger partial charge on any atom is -0.465 e. The number of fused-ring (bicyclic) bond motifs is 1. The summed E-state index contributed by atoms with van der Waals surface area (Å²) in [4.78, 5) is 11.5. The van der Waals surface area contributed by atoms with E-state index in [1.165, 1.54) is 18.0 Å². The lowest BCUT2D eigenvalue weighted by molar-refractivity contribution is 0.0602. The van der Waals surface area contributed by atoms with E-state index in [-0.39, 0.29) is 11.4 Å². The standard InChI is InChI=1S/C12H13N7O2/c1-3-8-15-16-9-4-5-10(17-18(8)9)19-11(13)7(6-14-19)12(20)21-2/h4-6H,3,13H2,1-2H3. The van der Waals surface area contributed by atoms with Crippen LogP contribution in [-0.2, 0) is 11.2 Å². The Morgan fingerprint density at radius 2 is 2.19 bits per heavy atom. The van der Waals surface area contributed by atoms with Gasteiger partial charge in [0.1, 0.15) is 11.4 Å². The molecule has 0 fully saturated rings. The predicted molar refractivity (Wildman–Crippen MR) is 73.0 cm³/mol. The number of nitrogens with zero attached hydrogens (tertiary/aromatic N) is 6. The molecule has 9 heteroatoms. The van der Waals surface area contributed by atoms with E-state index in [0.29, 0.717) is 17.9 Å². The van der Waals surface area contributed by atoms with Crippen molar-refractivity contribution in [2.45, 2.75) is 13.3 Å². The van der Waals surface area contributed by atoms with Gasteiger partial charge in [-0.25, -0.2) is 4.79 Å². The van der Waals surface area contributed by atoms with Crippen LogP contribution in [0, 0.1) is 0 Å². The first-order valence-corrected chi connectivity index (χ1v) is 6.29. The molecule has 3 heterocycles. The highest BCUT2D eigenvalue weighted by molar-refractivity contribution is 5.94. The first-order chi connectivity index (χ1) is 10.2. The summed E-state index contributed by atoms with van der Waals surface area (Å²) in [6.45, 7) is 1.96. The van der Waals surface area contributed by atoms with Crippen molar-refractivity contribution in [3.05, 3.63) is 29.7 Å². The number of nitrogens with two attached hydrogens (primary N) is 1. The first-order valence-electron chi connectivity index (χ1n) is 6.29. The third-order valence-corrected chi connectivity index (χ3v) is 3.06. The van der Waals surface area contributed by atoms with E-state index in [1.807, 2.05) is 6.92 Å². The number of ether oxygens (including phenoxy) is 1. The maximum Gasteiger partial charge on any atom is 0.343 e. The number of aryl methyl sites for hydroxylation is 1. The van der Waals surface area contributed by atoms with Crippen molar-refractivity contribution in [2.24, 2.45) is 0 Å². The van der Waals surface area contributed by atoms with E-state index in [9.17, 15) is 4.79 Å². The number of anilines is 1. The Kier molecular flexibility index (Phi) is 3.01. The summed E-state index contributed by atoms with van der Waals surface area (Å²) < 4.78 is 7.63. The van der Waals surface area contributed by atoms with Crippen molar-refractivity contribution in [2.75, 3.05) is 12.8 Å². The molecule has 3 aromatic rings. The summed E-state index contributed by atoms with van der Waals surface area (Å²) in [6.07, 6.45) is 2.04. The molecular weight excluding hydrogens is 274 g/mol. The van der Waals surface area contributed by atoms with Gasteiger partial charge in [-0.15, -0.1) is 15.3 Å². The monoisotopic (exact) mass is 287 g/mol. The van der Waals surface area contributed by atoms with Gasteiger partial charge in [0.15, 0.2) is 17.3 Å². The zero-order valence-corrected chi connectivity index (χ0v) is 11.5. The molecule has 0 aromatic carbocycles. The minimum absolute atomic E-state index is 0.167. The van der Waals surface area contributed by atoms with E-state index >= 15 is 0 Å². The number of rotatable bonds is 3. The van der Waals surface area contributed by atoms with Crippen LogP contribution in [0.25, 0.3) is 11.5 Å². The van der Waals surface area contributed by atoms with Gasteiger partial charge in [-0.3, -0.25) is 0 Å². The fraction of sp³-hybridized carbons (Fsp3) is 0.250. The number of carbonyl (C=O) groups excluding carboxylic acids is 1. The Bertz CT molecular complexity index is 820. The topological polar surface area (TPSA) is 113 Å². The molecule has 0 saturated carbocycles. The van der Waals surface area contributed by atoms with Gasteiger partial charge in [0, 0.05) is 6.42 Å². The molecule has 0 aliphatic carbocycles. The molecule has 21 heavy (non-hydrogen) atoms. The van der Waals surface area contributed by atoms with Gasteiger partial charge >= 0.3 is 5.97 Å². The minimum atomic E-state index is -0.543. The molecule has 0 amide bonds. The molecule has 0 unspecified atom stereocenters. The van der Waals surface area contributed by atoms with Gasteiger partial charge in [0.25, 0.3) is 0 Å². The molecule has 0 aliphatic heterocycles. The van der Waals surface area contributed by atoms with Crippen LogP contribution in [0.5, 0.6) is 0 Å². The van der Waals surface area contributed by atoms with Crippen molar-refractivity contribution < 1.29 is 9.53 Å². The summed E-state index contributed by atoms with van der Waals surface area (Å²) in [5.41, 5.74) is 6.75. The third kappa shape index (κ3) is 1.98. The number of nitrogen functional groups attached to an aromatic ring is 1. The Labute approximate surface area is 119 Å². The second-order valence-corrected chi connectivity index (χ2v) is 4.28. The van der Waals surface area contributed by atoms with Crippen LogP contribution in [0.3, 0.4) is 0 Å². The summed E-state index contributed by atoms with van der Waals surface area (Å²) in [6, 6.07) is 3.46. The molecule has 0 radical (unpaired) electrons. The molecule has 3 rings (SSSR count). The Morgan fingerprint density at radius 1 is 1.38 bits per heavy atom. The van der Waals surface area contributed by atoms with Gasteiger partial charge in [-0.2, -0.15) is 14.3 Å². The third-order valence-electron chi connectivity index (χ3n) is 3.06. The van der Waals surface area contributed by atoms with Gasteiger partial charge in [-0.05, 0) is 12.1 Å². The quantitative estimate of drug-likeness (QED) is 0.686. The van der Waals surface area contributed by atoms with Crippen molar-refractivity contribution in [3.8, 4) is 5.82 Å². The molecule has 0 spiro atoms. The molecule has 9 nitrogen and oxygen atoms in total. The zero-order chi connectivity index (χ0) is 15.0. The van der Waals surface area contributed by atoms with Crippen LogP contribution in [-0.4, -0.2) is 42.7 Å². The van der Waals surface area contributed by atoms with Crippen LogP contribution in [0.4, 0.5) is 5.82 Å². The zero-order valence-electron chi connectivity index (χ0n) is 11.5. The molecule has 2 N–H and O–H groups in total. The Hall–Kier alpha value is -2.97. The van der Waals surface area contributed by atoms with Crippen molar-refractivity contribution in [3.63, 3.8) is 0 Å². The molecule has 0 saturated heterocycles. The highest BCUT2D eigenvalue weighted by Gasteiger charge is 2.17. The number of hydrogen-bond donors (Lipinski definition) is 1. The van der Waals surface area contributed by atoms with Gasteiger partial charge in [0.2, 0.25) is 0 Å². The van der Waals surface area contributed by atoms with Gasteiger partial charge in [-0.1, -0.05) is 6.92 Å². The number of carbonyl (C=O) groups is 1. The lowest BCUT2D eigenvalue weighted by Gasteiger charge is -2.04. The summed E-state index contributed by atoms with van der Waals surface area (Å²) in [5.74, 6) is 0.814. The predicted octanol–water partition coefficient (Wildman–Crippen LogP) is 0.241. The number of hydrogen-bond acceptors (Lipinski definition) is 7. The maximum absolute atomic E-state index is 11.5. The Morgan fingerprint density at radius 3 is 2.90 bits per heavy atom. The normalized spacial score (nSPS) is 11.0. The second kappa shape index (κ2) is 4.85. The smallest absolute Gasteiger partial charge is 0.343 e. The van der Waals surface area contributed by atoms with Crippen molar-refractivity contribution in [1.82, 2.24) is 29.6 Å². The highest BCUT2D eigenvalue weighted by Crippen LogP contribution is 2.17. The van der Waals surface area contributed by atoms with E-state index in [0.717, 1.165) is 5.82 Å². The molecule has 0 aliphatic rings. The first kappa shape index (κ1) is 13.0. The fourth-order valence-corrected chi connectivity index (χ4v) is 1.96. The lowest BCUT2D eigenvalue weighted by atomic mass is 10.3. The van der Waals surface area contributed by atoms with Crippen LogP contribution >= 0.6 is 0 Å². The van der Waals surface area contributed by atoms with Crippen molar-refractivity contribution in [1.29, 1.82) is 0 Å². The van der Waals surface area contributed by atoms with Crippen LogP contribution in [0.1, 0.15) is 23.1 Å². The fourth-order valence-electron chi connectivity index (χ4n) is 1.96. The summed E-state index contributed by atoms with van der Waals surface area (Å²) in [5, 5.41) is 16.5. The molecular formula is C12H13N7O2. The SMILES string of the molecule is CCc1nnc2ccc(-n3ncc(C(=O)OC)c3N)nn12. The second-order valence-electron chi connectivity index (χ2n) is 4.28. The van der Waals surface area contributed by atoms with Crippen LogP contribution in [0.2, 0.25) is 0 Å². The molecule has 0 bridgehead atoms. The van der Waals surface area contributed by atoms with E-state index in [2.05, 4.69) is 25.1 Å². The van der Waals surface area contributed by atoms with Gasteiger partial charge < -0.3 is 10.5 Å². The molecule has 108 valence electrons. The van der Waals surface area contributed by atoms with E-state index in [4.69, 9.17) is 5.73 Å². The average Bonchev–Trinajstić information content (AvgIpc) is 3.09. The number of aromatic nitrogens is 6. The number of esters is 1. The maximum atomic E-state index is 11.5. The summed E-state index contributed by atoms with van der Waals surface area (Å²) in [7, 11) is 1.29. The Balaban J connectivity index is 2.12. The van der Waals surface area contributed by atoms with E-state index in [1.54, 1.807) is 16.6 Å². The largest absolute Gasteiger partial charge is 0.465 e. The van der Waals surface area contributed by atoms with E-state index < -0.39 is 5.97 Å². The van der Waals surface area contributed by atoms with Gasteiger partial charge in [0.05, 0.1) is 13.3 Å². The average molecular weight is 287 g/mol. The number of methoxy groups -OCH3 is 1. The highest BCUT2D eigenvalue weighted by atomic mass is 16.5. The molecule has 0 atom stereocenters. The van der Waals surface area contributed by atoms with Crippen molar-refractivity contribution >= 4 is 17.4 Å². The van der Waals surface area contributed by atoms with Crippen LogP contribution in [0.15, 0.2) is 18.3 Å². The lowest BCUT2D eigenvalue weighted by Crippen LogP contribution is -2.10. The summed E-state index contributed by atoms with van der Waals surface area (Å²) >= 11 is 0.